The molecule has 2 N–H and O–H groups in total. The fourth-order valence-corrected chi connectivity index (χ4v) is 3.35. The predicted molar refractivity (Wildman–Crippen MR) is 118 cm³/mol. The third-order valence-electron chi connectivity index (χ3n) is 3.97. The molecule has 148 valence electrons. The highest BCUT2D eigenvalue weighted by Crippen LogP contribution is 2.24. The number of hydrogen-bond acceptors (Lipinski definition) is 4. The van der Waals surface area contributed by atoms with E-state index in [1.165, 1.54) is 11.8 Å². The molecule has 0 saturated carbocycles. The SMILES string of the molecule is COc1ccccc1NC(=O)c1ccc(NC(=O)CSc2ccc(Cl)cc2)cc1. The van der Waals surface area contributed by atoms with Crippen molar-refractivity contribution in [3.05, 3.63) is 83.4 Å². The van der Waals surface area contributed by atoms with E-state index in [1.807, 2.05) is 24.3 Å². The molecule has 0 saturated heterocycles. The van der Waals surface area contributed by atoms with Crippen LogP contribution in [-0.2, 0) is 4.79 Å². The van der Waals surface area contributed by atoms with Crippen molar-refractivity contribution in [1.82, 2.24) is 0 Å². The Labute approximate surface area is 178 Å². The number of carbonyl (C=O) groups excluding carboxylic acids is 2. The van der Waals surface area contributed by atoms with Crippen LogP contribution in [0.15, 0.2) is 77.7 Å². The number of hydrogen-bond donors (Lipinski definition) is 2. The Morgan fingerprint density at radius 3 is 2.31 bits per heavy atom. The van der Waals surface area contributed by atoms with E-state index in [4.69, 9.17) is 16.3 Å². The lowest BCUT2D eigenvalue weighted by atomic mass is 10.2. The molecule has 5 nitrogen and oxygen atoms in total. The summed E-state index contributed by atoms with van der Waals surface area (Å²) in [7, 11) is 1.55. The first-order valence-electron chi connectivity index (χ1n) is 8.78. The van der Waals surface area contributed by atoms with E-state index >= 15 is 0 Å². The lowest BCUT2D eigenvalue weighted by Gasteiger charge is -2.10. The van der Waals surface area contributed by atoms with Gasteiger partial charge in [-0.2, -0.15) is 0 Å². The number of rotatable bonds is 7. The Balaban J connectivity index is 1.54. The van der Waals surface area contributed by atoms with Crippen LogP contribution in [-0.4, -0.2) is 24.7 Å². The summed E-state index contributed by atoms with van der Waals surface area (Å²) < 4.78 is 5.23. The molecule has 0 aliphatic heterocycles. The summed E-state index contributed by atoms with van der Waals surface area (Å²) in [6.07, 6.45) is 0. The second-order valence-corrected chi connectivity index (χ2v) is 7.51. The van der Waals surface area contributed by atoms with Crippen molar-refractivity contribution in [3.63, 3.8) is 0 Å². The zero-order chi connectivity index (χ0) is 20.6. The molecule has 2 amide bonds. The highest BCUT2D eigenvalue weighted by molar-refractivity contribution is 8.00. The number of thioether (sulfide) groups is 1. The van der Waals surface area contributed by atoms with Gasteiger partial charge < -0.3 is 15.4 Å². The molecule has 3 rings (SSSR count). The minimum Gasteiger partial charge on any atom is -0.495 e. The Kier molecular flexibility index (Phi) is 7.16. The fraction of sp³-hybridized carbons (Fsp3) is 0.0909. The lowest BCUT2D eigenvalue weighted by molar-refractivity contribution is -0.113. The molecular formula is C22H19ClN2O3S. The molecule has 0 fully saturated rings. The predicted octanol–water partition coefficient (Wildman–Crippen LogP) is 5.33. The van der Waals surface area contributed by atoms with Crippen LogP contribution in [0.3, 0.4) is 0 Å². The molecule has 0 aromatic heterocycles. The largest absolute Gasteiger partial charge is 0.495 e. The van der Waals surface area contributed by atoms with Crippen LogP contribution in [0, 0.1) is 0 Å². The minimum atomic E-state index is -0.259. The van der Waals surface area contributed by atoms with E-state index in [0.717, 1.165) is 4.90 Å². The maximum absolute atomic E-state index is 12.4. The van der Waals surface area contributed by atoms with Crippen molar-refractivity contribution >= 4 is 46.6 Å². The molecule has 0 bridgehead atoms. The van der Waals surface area contributed by atoms with Gasteiger partial charge in [-0.05, 0) is 60.7 Å². The van der Waals surface area contributed by atoms with Crippen molar-refractivity contribution in [1.29, 1.82) is 0 Å². The summed E-state index contributed by atoms with van der Waals surface area (Å²) >= 11 is 7.28. The molecule has 0 atom stereocenters. The number of amides is 2. The molecule has 3 aromatic rings. The number of ether oxygens (including phenoxy) is 1. The quantitative estimate of drug-likeness (QED) is 0.501. The highest BCUT2D eigenvalue weighted by atomic mass is 35.5. The average molecular weight is 427 g/mol. The van der Waals surface area contributed by atoms with Crippen LogP contribution >= 0.6 is 23.4 Å². The molecule has 0 unspecified atom stereocenters. The number of halogens is 1. The molecule has 0 radical (unpaired) electrons. The van der Waals surface area contributed by atoms with Gasteiger partial charge in [0.05, 0.1) is 18.6 Å². The molecule has 3 aromatic carbocycles. The number of anilines is 2. The minimum absolute atomic E-state index is 0.129. The summed E-state index contributed by atoms with van der Waals surface area (Å²) in [6, 6.07) is 21.2. The van der Waals surface area contributed by atoms with E-state index in [-0.39, 0.29) is 17.6 Å². The first-order valence-corrected chi connectivity index (χ1v) is 10.1. The third-order valence-corrected chi connectivity index (χ3v) is 5.23. The van der Waals surface area contributed by atoms with Crippen molar-refractivity contribution in [2.75, 3.05) is 23.5 Å². The molecule has 0 aliphatic rings. The summed E-state index contributed by atoms with van der Waals surface area (Å²) in [4.78, 5) is 25.5. The Morgan fingerprint density at radius 2 is 1.62 bits per heavy atom. The summed E-state index contributed by atoms with van der Waals surface area (Å²) in [5, 5.41) is 6.30. The molecular weight excluding hydrogens is 408 g/mol. The molecule has 29 heavy (non-hydrogen) atoms. The average Bonchev–Trinajstić information content (AvgIpc) is 2.74. The van der Waals surface area contributed by atoms with Gasteiger partial charge in [-0.25, -0.2) is 0 Å². The van der Waals surface area contributed by atoms with Crippen LogP contribution in [0.1, 0.15) is 10.4 Å². The van der Waals surface area contributed by atoms with Gasteiger partial charge in [0.1, 0.15) is 5.75 Å². The Morgan fingerprint density at radius 1 is 0.931 bits per heavy atom. The second kappa shape index (κ2) is 10.0. The van der Waals surface area contributed by atoms with Crippen molar-refractivity contribution in [2.45, 2.75) is 4.90 Å². The van der Waals surface area contributed by atoms with E-state index in [2.05, 4.69) is 10.6 Å². The summed E-state index contributed by atoms with van der Waals surface area (Å²) in [5.41, 5.74) is 1.70. The topological polar surface area (TPSA) is 67.4 Å². The standard InChI is InChI=1S/C22H19ClN2O3S/c1-28-20-5-3-2-4-19(20)25-22(27)15-6-10-17(11-7-15)24-21(26)14-29-18-12-8-16(23)9-13-18/h2-13H,14H2,1H3,(H,24,26)(H,25,27). The van der Waals surface area contributed by atoms with E-state index in [1.54, 1.807) is 55.6 Å². The van der Waals surface area contributed by atoms with Crippen LogP contribution in [0.25, 0.3) is 0 Å². The fourth-order valence-electron chi connectivity index (χ4n) is 2.52. The summed E-state index contributed by atoms with van der Waals surface area (Å²) in [6.45, 7) is 0. The Bertz CT molecular complexity index is 992. The third kappa shape index (κ3) is 6.01. The summed E-state index contributed by atoms with van der Waals surface area (Å²) in [5.74, 6) is 0.474. The van der Waals surface area contributed by atoms with Gasteiger partial charge in [0, 0.05) is 21.2 Å². The number of methoxy groups -OCH3 is 1. The highest BCUT2D eigenvalue weighted by Gasteiger charge is 2.10. The van der Waals surface area contributed by atoms with E-state index in [0.29, 0.717) is 27.7 Å². The molecule has 0 spiro atoms. The Hall–Kier alpha value is -2.96. The van der Waals surface area contributed by atoms with Crippen LogP contribution in [0.5, 0.6) is 5.75 Å². The van der Waals surface area contributed by atoms with Gasteiger partial charge in [-0.15, -0.1) is 11.8 Å². The number of benzene rings is 3. The molecule has 7 heteroatoms. The zero-order valence-corrected chi connectivity index (χ0v) is 17.2. The molecule has 0 heterocycles. The van der Waals surface area contributed by atoms with E-state index in [9.17, 15) is 9.59 Å². The smallest absolute Gasteiger partial charge is 0.255 e. The van der Waals surface area contributed by atoms with Gasteiger partial charge in [-0.1, -0.05) is 23.7 Å². The van der Waals surface area contributed by atoms with E-state index < -0.39 is 0 Å². The van der Waals surface area contributed by atoms with Gasteiger partial charge in [-0.3, -0.25) is 9.59 Å². The van der Waals surface area contributed by atoms with Crippen molar-refractivity contribution < 1.29 is 14.3 Å². The maximum Gasteiger partial charge on any atom is 0.255 e. The number of carbonyl (C=O) groups is 2. The van der Waals surface area contributed by atoms with Crippen molar-refractivity contribution in [3.8, 4) is 5.75 Å². The number of nitrogens with one attached hydrogen (secondary N) is 2. The number of para-hydroxylation sites is 2. The van der Waals surface area contributed by atoms with Crippen LogP contribution in [0.2, 0.25) is 5.02 Å². The van der Waals surface area contributed by atoms with Crippen LogP contribution < -0.4 is 15.4 Å². The van der Waals surface area contributed by atoms with Gasteiger partial charge in [0.2, 0.25) is 5.91 Å². The molecule has 0 aliphatic carbocycles. The van der Waals surface area contributed by atoms with Crippen molar-refractivity contribution in [2.24, 2.45) is 0 Å². The lowest BCUT2D eigenvalue weighted by Crippen LogP contribution is -2.15. The second-order valence-electron chi connectivity index (χ2n) is 6.02. The van der Waals surface area contributed by atoms with Gasteiger partial charge >= 0.3 is 0 Å². The monoisotopic (exact) mass is 426 g/mol. The van der Waals surface area contributed by atoms with Crippen LogP contribution in [0.4, 0.5) is 11.4 Å². The first kappa shape index (κ1) is 20.8. The van der Waals surface area contributed by atoms with Gasteiger partial charge in [0.25, 0.3) is 5.91 Å². The van der Waals surface area contributed by atoms with Gasteiger partial charge in [0.15, 0.2) is 0 Å². The zero-order valence-electron chi connectivity index (χ0n) is 15.6. The normalized spacial score (nSPS) is 10.3. The maximum atomic E-state index is 12.4. The first-order chi connectivity index (χ1) is 14.0.